The van der Waals surface area contributed by atoms with E-state index >= 15 is 0 Å². The smallest absolute Gasteiger partial charge is 0.407 e. The van der Waals surface area contributed by atoms with Gasteiger partial charge < -0.3 is 14.7 Å². The number of nitrogens with zero attached hydrogens (tertiary/aromatic N) is 3. The molecule has 7 heteroatoms. The fraction of sp³-hybridized carbons (Fsp3) is 0.250. The van der Waals surface area contributed by atoms with Gasteiger partial charge in [0.05, 0.1) is 28.4 Å². The molecular formula is C20H17N3O3S. The van der Waals surface area contributed by atoms with Gasteiger partial charge in [-0.3, -0.25) is 0 Å². The molecule has 0 unspecified atom stereocenters. The summed E-state index contributed by atoms with van der Waals surface area (Å²) in [6.07, 6.45) is 1.90. The van der Waals surface area contributed by atoms with E-state index < -0.39 is 6.09 Å². The van der Waals surface area contributed by atoms with Gasteiger partial charge in [0, 0.05) is 11.4 Å². The summed E-state index contributed by atoms with van der Waals surface area (Å²) in [5.74, 6) is 0.458. The highest BCUT2D eigenvalue weighted by atomic mass is 32.1. The molecule has 1 fully saturated rings. The summed E-state index contributed by atoms with van der Waals surface area (Å²) in [5, 5.41) is 19.4. The predicted molar refractivity (Wildman–Crippen MR) is 103 cm³/mol. The quantitative estimate of drug-likeness (QED) is 0.731. The maximum absolute atomic E-state index is 11.2. The zero-order valence-electron chi connectivity index (χ0n) is 14.5. The number of hydrogen-bond acceptors (Lipinski definition) is 5. The van der Waals surface area contributed by atoms with Crippen LogP contribution in [0.1, 0.15) is 18.4 Å². The molecule has 1 aliphatic rings. The number of amides is 1. The van der Waals surface area contributed by atoms with Gasteiger partial charge in [0.15, 0.2) is 0 Å². The maximum atomic E-state index is 11.2. The van der Waals surface area contributed by atoms with Crippen LogP contribution in [0.5, 0.6) is 5.88 Å². The van der Waals surface area contributed by atoms with E-state index in [0.717, 1.165) is 33.4 Å². The van der Waals surface area contributed by atoms with Crippen molar-refractivity contribution in [3.05, 3.63) is 48.2 Å². The largest absolute Gasteiger partial charge is 0.472 e. The molecule has 0 spiro atoms. The Kier molecular flexibility index (Phi) is 4.65. The molecule has 1 atom stereocenters. The first kappa shape index (κ1) is 17.3. The van der Waals surface area contributed by atoms with Gasteiger partial charge in [0.2, 0.25) is 5.88 Å². The zero-order valence-corrected chi connectivity index (χ0v) is 15.3. The topological polar surface area (TPSA) is 86.5 Å². The molecule has 6 nitrogen and oxygen atoms in total. The maximum Gasteiger partial charge on any atom is 0.407 e. The Hall–Kier alpha value is -3.11. The first-order chi connectivity index (χ1) is 13.2. The monoisotopic (exact) mass is 379 g/mol. The highest BCUT2D eigenvalue weighted by Gasteiger charge is 2.26. The van der Waals surface area contributed by atoms with Crippen LogP contribution in [0.3, 0.4) is 0 Å². The van der Waals surface area contributed by atoms with Gasteiger partial charge in [-0.25, -0.2) is 9.78 Å². The van der Waals surface area contributed by atoms with Gasteiger partial charge in [-0.15, -0.1) is 11.3 Å². The van der Waals surface area contributed by atoms with Crippen LogP contribution >= 0.6 is 11.3 Å². The summed E-state index contributed by atoms with van der Waals surface area (Å²) < 4.78 is 6.92. The standard InChI is InChI=1S/C20H17N3O3S/c21-10-14-11-22-19(26-15-7-4-8-23(12-15)20(24)25)16-9-17(27-18(14)16)13-5-2-1-3-6-13/h1-3,5-6,9,11,15H,4,7-8,12H2,(H,24,25)/t15-/m0/s1. The molecule has 0 aliphatic carbocycles. The Bertz CT molecular complexity index is 1030. The van der Waals surface area contributed by atoms with E-state index in [1.165, 1.54) is 22.4 Å². The van der Waals surface area contributed by atoms with Crippen LogP contribution in [0.15, 0.2) is 42.6 Å². The van der Waals surface area contributed by atoms with E-state index in [0.29, 0.717) is 24.5 Å². The van der Waals surface area contributed by atoms with Gasteiger partial charge in [-0.2, -0.15) is 5.26 Å². The first-order valence-electron chi connectivity index (χ1n) is 8.68. The van der Waals surface area contributed by atoms with Crippen molar-refractivity contribution in [2.75, 3.05) is 13.1 Å². The van der Waals surface area contributed by atoms with E-state index in [-0.39, 0.29) is 6.10 Å². The van der Waals surface area contributed by atoms with E-state index in [9.17, 15) is 15.2 Å². The number of hydrogen-bond donors (Lipinski definition) is 1. The van der Waals surface area contributed by atoms with E-state index in [4.69, 9.17) is 4.74 Å². The number of nitriles is 1. The molecular weight excluding hydrogens is 362 g/mol. The van der Waals surface area contributed by atoms with Gasteiger partial charge in [-0.1, -0.05) is 30.3 Å². The molecule has 1 N–H and O–H groups in total. The molecule has 136 valence electrons. The lowest BCUT2D eigenvalue weighted by atomic mass is 10.1. The molecule has 4 rings (SSSR count). The lowest BCUT2D eigenvalue weighted by Gasteiger charge is -2.30. The predicted octanol–water partition coefficient (Wildman–Crippen LogP) is 4.36. The summed E-state index contributed by atoms with van der Waals surface area (Å²) in [4.78, 5) is 18.0. The summed E-state index contributed by atoms with van der Waals surface area (Å²) in [5.41, 5.74) is 1.59. The fourth-order valence-corrected chi connectivity index (χ4v) is 4.40. The molecule has 1 amide bonds. The molecule has 0 bridgehead atoms. The van der Waals surface area contributed by atoms with Crippen molar-refractivity contribution in [1.82, 2.24) is 9.88 Å². The Morgan fingerprint density at radius 1 is 1.37 bits per heavy atom. The number of benzene rings is 1. The number of ether oxygens (including phenoxy) is 1. The Morgan fingerprint density at radius 2 is 2.19 bits per heavy atom. The van der Waals surface area contributed by atoms with E-state index in [1.54, 1.807) is 0 Å². The van der Waals surface area contributed by atoms with Crippen LogP contribution in [0.25, 0.3) is 20.5 Å². The van der Waals surface area contributed by atoms with Gasteiger partial charge in [0.25, 0.3) is 0 Å². The molecule has 0 saturated carbocycles. The van der Waals surface area contributed by atoms with E-state index in [2.05, 4.69) is 11.1 Å². The van der Waals surface area contributed by atoms with Crippen molar-refractivity contribution in [1.29, 1.82) is 5.26 Å². The second-order valence-corrected chi connectivity index (χ2v) is 7.47. The lowest BCUT2D eigenvalue weighted by Crippen LogP contribution is -2.43. The highest BCUT2D eigenvalue weighted by molar-refractivity contribution is 7.22. The Labute approximate surface area is 160 Å². The third-order valence-electron chi connectivity index (χ3n) is 4.62. The van der Waals surface area contributed by atoms with Crippen molar-refractivity contribution in [3.63, 3.8) is 0 Å². The molecule has 1 aromatic carbocycles. The van der Waals surface area contributed by atoms with Gasteiger partial charge >= 0.3 is 6.09 Å². The van der Waals surface area contributed by atoms with Crippen molar-refractivity contribution < 1.29 is 14.6 Å². The minimum atomic E-state index is -0.928. The first-order valence-corrected chi connectivity index (χ1v) is 9.50. The molecule has 0 radical (unpaired) electrons. The molecule has 1 aliphatic heterocycles. The Morgan fingerprint density at radius 3 is 2.93 bits per heavy atom. The average Bonchev–Trinajstić information content (AvgIpc) is 3.15. The summed E-state index contributed by atoms with van der Waals surface area (Å²) in [6, 6.07) is 14.2. The van der Waals surface area contributed by atoms with Crippen LogP contribution in [0, 0.1) is 11.3 Å². The van der Waals surface area contributed by atoms with Gasteiger partial charge in [-0.05, 0) is 24.5 Å². The lowest BCUT2D eigenvalue weighted by molar-refractivity contribution is 0.0777. The number of pyridine rings is 1. The minimum absolute atomic E-state index is 0.237. The van der Waals surface area contributed by atoms with Crippen LogP contribution in [-0.2, 0) is 0 Å². The Balaban J connectivity index is 1.70. The number of rotatable bonds is 3. The van der Waals surface area contributed by atoms with E-state index in [1.807, 2.05) is 36.4 Å². The number of thiophene rings is 1. The number of carboxylic acid groups (broad SMARTS) is 1. The van der Waals surface area contributed by atoms with Crippen LogP contribution < -0.4 is 4.74 Å². The number of aromatic nitrogens is 1. The summed E-state index contributed by atoms with van der Waals surface area (Å²) in [7, 11) is 0. The number of piperidine rings is 1. The minimum Gasteiger partial charge on any atom is -0.472 e. The molecule has 27 heavy (non-hydrogen) atoms. The normalized spacial score (nSPS) is 16.9. The van der Waals surface area contributed by atoms with Crippen LogP contribution in [0.4, 0.5) is 4.79 Å². The second-order valence-electron chi connectivity index (χ2n) is 6.42. The highest BCUT2D eigenvalue weighted by Crippen LogP contribution is 2.39. The number of carbonyl (C=O) groups is 1. The third-order valence-corrected chi connectivity index (χ3v) is 5.84. The van der Waals surface area contributed by atoms with Crippen LogP contribution in [-0.4, -0.2) is 40.3 Å². The molecule has 3 heterocycles. The summed E-state index contributed by atoms with van der Waals surface area (Å²) >= 11 is 1.54. The average molecular weight is 379 g/mol. The van der Waals surface area contributed by atoms with Crippen molar-refractivity contribution in [2.45, 2.75) is 18.9 Å². The fourth-order valence-electron chi connectivity index (χ4n) is 3.29. The van der Waals surface area contributed by atoms with Gasteiger partial charge in [0.1, 0.15) is 12.2 Å². The van der Waals surface area contributed by atoms with Crippen LogP contribution in [0.2, 0.25) is 0 Å². The molecule has 1 saturated heterocycles. The van der Waals surface area contributed by atoms with Crippen molar-refractivity contribution in [2.24, 2.45) is 0 Å². The summed E-state index contributed by atoms with van der Waals surface area (Å²) in [6.45, 7) is 0.857. The zero-order chi connectivity index (χ0) is 18.8. The molecule has 3 aromatic rings. The second kappa shape index (κ2) is 7.25. The van der Waals surface area contributed by atoms with Crippen molar-refractivity contribution >= 4 is 27.5 Å². The third kappa shape index (κ3) is 3.44. The van der Waals surface area contributed by atoms with Crippen molar-refractivity contribution in [3.8, 4) is 22.4 Å². The SMILES string of the molecule is N#Cc1cnc(O[C@H]2CCCN(C(=O)O)C2)c2cc(-c3ccccc3)sc12. The number of likely N-dealkylation sites (tertiary alicyclic amines) is 1. The number of fused-ring (bicyclic) bond motifs is 1. The molecule has 2 aromatic heterocycles.